The molecule has 0 aliphatic carbocycles. The van der Waals surface area contributed by atoms with Crippen molar-refractivity contribution in [1.82, 2.24) is 0 Å². The molecule has 0 unspecified atom stereocenters. The molecule has 0 aliphatic rings. The van der Waals surface area contributed by atoms with Gasteiger partial charge >= 0.3 is 36.9 Å². The van der Waals surface area contributed by atoms with Gasteiger partial charge in [0.25, 0.3) is 0 Å². The minimum Gasteiger partial charge on any atom is -0.394 e. The van der Waals surface area contributed by atoms with Crippen LogP contribution in [-0.2, 0) is 34.9 Å². The molecule has 0 radical (unpaired) electrons. The van der Waals surface area contributed by atoms with Crippen LogP contribution in [0.3, 0.4) is 0 Å². The Morgan fingerprint density at radius 1 is 0.554 bits per heavy atom. The van der Waals surface area contributed by atoms with E-state index in [1.165, 1.54) is 50.9 Å². The molecule has 0 aromatic heterocycles. The molecule has 0 atom stereocenters. The van der Waals surface area contributed by atoms with Crippen LogP contribution in [0.2, 0.25) is 0 Å². The first-order chi connectivity index (χ1) is 26.5. The van der Waals surface area contributed by atoms with Crippen molar-refractivity contribution >= 4 is 57.8 Å². The topological polar surface area (TPSA) is 101 Å². The van der Waals surface area contributed by atoms with E-state index in [4.69, 9.17) is 36.0 Å². The van der Waals surface area contributed by atoms with Gasteiger partial charge in [-0.15, -0.1) is 0 Å². The second-order valence-electron chi connectivity index (χ2n) is 10.5. The van der Waals surface area contributed by atoms with E-state index in [9.17, 15) is 13.2 Å². The van der Waals surface area contributed by atoms with E-state index in [0.717, 1.165) is 0 Å². The van der Waals surface area contributed by atoms with Gasteiger partial charge in [0.2, 0.25) is 0 Å². The predicted molar refractivity (Wildman–Crippen MR) is 222 cm³/mol. The molecule has 0 spiro atoms. The molecule has 56 heavy (non-hydrogen) atoms. The van der Waals surface area contributed by atoms with Crippen molar-refractivity contribution in [2.45, 2.75) is 12.4 Å². The van der Waals surface area contributed by atoms with Crippen LogP contribution < -0.4 is 31.8 Å². The van der Waals surface area contributed by atoms with Crippen LogP contribution >= 0.6 is 15.8 Å². The molecule has 0 bridgehead atoms. The second kappa shape index (κ2) is 29.5. The summed E-state index contributed by atoms with van der Waals surface area (Å²) in [6, 6.07) is 66.7. The molecule has 6 aromatic rings. The minimum atomic E-state index is -6.09. The van der Waals surface area contributed by atoms with E-state index >= 15 is 0 Å². The monoisotopic (exact) mass is 989 g/mol. The van der Waals surface area contributed by atoms with Crippen molar-refractivity contribution in [2.24, 2.45) is 0 Å². The average molecular weight is 989 g/mol. The number of nitrogens with zero attached hydrogens (tertiary/aromatic N) is 1. The van der Waals surface area contributed by atoms with Crippen LogP contribution in [0.1, 0.15) is 6.92 Å². The molecule has 0 aliphatic heterocycles. The number of rotatable bonds is 7. The smallest absolute Gasteiger partial charge is 0.394 e. The third kappa shape index (κ3) is 19.2. The van der Waals surface area contributed by atoms with Crippen LogP contribution in [0.15, 0.2) is 194 Å². The maximum atomic E-state index is 10.7. The first kappa shape index (κ1) is 51.2. The zero-order chi connectivity index (χ0) is 41.0. The summed E-state index contributed by atoms with van der Waals surface area (Å²) >= 11 is 0. The summed E-state index contributed by atoms with van der Waals surface area (Å²) in [7, 11) is -7.84. The quantitative estimate of drug-likeness (QED) is 0.0407. The van der Waals surface area contributed by atoms with E-state index in [1.807, 2.05) is 0 Å². The van der Waals surface area contributed by atoms with Gasteiger partial charge in [-0.05, 0) is 72.8 Å². The Balaban J connectivity index is 0.000000767. The third-order valence-corrected chi connectivity index (χ3v) is 12.8. The average Bonchev–Trinajstić information content (AvgIpc) is 3.22. The maximum Gasteiger partial charge on any atom is 3.00 e. The molecule has 0 saturated heterocycles. The van der Waals surface area contributed by atoms with E-state index in [-0.39, 0.29) is 20.1 Å². The molecule has 0 N–H and O–H groups in total. The van der Waals surface area contributed by atoms with Gasteiger partial charge in [0.1, 0.15) is 31.8 Å². The standard InChI is InChI=1S/2C18H15P.C4H4.C2H3N.CHF3O3S.CO.Ir/c2*1-4-10-16(11-5-1)19(17-12-6-2-7-13-17)18-14-8-3-9-15-18;1-3-4-2;1-2-3;2-1(3,4)8(5,6)7;1-2;/h2*1-15H;1-4H;1H3;(H,5,6,7);;/q;;-2;;;;+3/p+1. The molecule has 0 amide bonds. The van der Waals surface area contributed by atoms with Gasteiger partial charge < -0.3 is 29.9 Å². The fraction of sp³-hybridized carbons (Fsp3) is 0.0455. The zero-order valence-electron chi connectivity index (χ0n) is 30.1. The number of halogens is 3. The zero-order valence-corrected chi connectivity index (χ0v) is 35.3. The number of benzene rings is 6. The third-order valence-electron chi connectivity index (χ3n) is 6.77. The number of hydrogen-bond donors (Lipinski definition) is 0. The molecule has 0 saturated carbocycles. The van der Waals surface area contributed by atoms with Gasteiger partial charge in [-0.25, -0.2) is 8.42 Å². The van der Waals surface area contributed by atoms with E-state index in [2.05, 4.69) is 189 Å². The Hall–Kier alpha value is -4.76. The van der Waals surface area contributed by atoms with Crippen LogP contribution in [0.4, 0.5) is 13.2 Å². The van der Waals surface area contributed by atoms with Crippen LogP contribution in [0.5, 0.6) is 0 Å². The largest absolute Gasteiger partial charge is 3.00 e. The van der Waals surface area contributed by atoms with Gasteiger partial charge in [-0.1, -0.05) is 109 Å². The predicted octanol–water partition coefficient (Wildman–Crippen LogP) is 7.86. The van der Waals surface area contributed by atoms with Crippen LogP contribution in [0, 0.1) is 31.1 Å². The SMILES string of the molecule is CC#N.O=S(=O)([O-])C(F)(F)F.[C-]#[O+].[CH-]=CC=[CH-].[Ir+3].c1ccc([PH+](c2ccccc2)c2ccccc2)cc1.c1ccc([PH+](c2ccccc2)c2ccccc2)cc1. The molecule has 6 aromatic carbocycles. The summed E-state index contributed by atoms with van der Waals surface area (Å²) in [5.74, 6) is 0. The van der Waals surface area contributed by atoms with Crippen molar-refractivity contribution < 1.29 is 50.9 Å². The van der Waals surface area contributed by atoms with Crippen molar-refractivity contribution in [3.63, 3.8) is 0 Å². The Morgan fingerprint density at radius 3 is 0.768 bits per heavy atom. The number of nitriles is 1. The van der Waals surface area contributed by atoms with Crippen molar-refractivity contribution in [3.05, 3.63) is 214 Å². The molecule has 0 heterocycles. The first-order valence-corrected chi connectivity index (χ1v) is 20.6. The molecule has 6 rings (SSSR count). The number of alkyl halides is 3. The van der Waals surface area contributed by atoms with Gasteiger partial charge in [0, 0.05) is 6.92 Å². The summed E-state index contributed by atoms with van der Waals surface area (Å²) in [4.78, 5) is 0. The molecule has 288 valence electrons. The Kier molecular flexibility index (Phi) is 27.0. The molecule has 0 fully saturated rings. The summed E-state index contributed by atoms with van der Waals surface area (Å²) in [6.45, 7) is 15.4. The van der Waals surface area contributed by atoms with E-state index < -0.39 is 31.5 Å². The first-order valence-electron chi connectivity index (χ1n) is 16.2. The van der Waals surface area contributed by atoms with Crippen molar-refractivity contribution in [3.8, 4) is 6.07 Å². The minimum absolute atomic E-state index is 0. The molecular formula is C44H39F3IrNO4P2S+2. The molecule has 5 nitrogen and oxygen atoms in total. The molecular weight excluding hydrogens is 950 g/mol. The van der Waals surface area contributed by atoms with Gasteiger partial charge in [0.15, 0.2) is 10.1 Å². The van der Waals surface area contributed by atoms with Crippen LogP contribution in [-0.4, -0.2) is 18.5 Å². The maximum absolute atomic E-state index is 10.7. The van der Waals surface area contributed by atoms with E-state index in [0.29, 0.717) is 0 Å². The normalized spacial score (nSPS) is 9.71. The van der Waals surface area contributed by atoms with Gasteiger partial charge in [0.05, 0.1) is 21.9 Å². The fourth-order valence-corrected chi connectivity index (χ4v) is 9.78. The van der Waals surface area contributed by atoms with E-state index in [1.54, 1.807) is 6.07 Å². The van der Waals surface area contributed by atoms with Gasteiger partial charge in [-0.3, -0.25) is 0 Å². The van der Waals surface area contributed by atoms with Gasteiger partial charge in [-0.2, -0.15) is 18.4 Å². The number of hydrogen-bond acceptors (Lipinski definition) is 4. The summed E-state index contributed by atoms with van der Waals surface area (Å²) in [5, 5.41) is 15.9. The Labute approximate surface area is 344 Å². The Morgan fingerprint density at radius 2 is 0.679 bits per heavy atom. The summed E-state index contributed by atoms with van der Waals surface area (Å²) in [6.07, 6.45) is 2.56. The van der Waals surface area contributed by atoms with Crippen molar-refractivity contribution in [1.29, 1.82) is 5.26 Å². The summed E-state index contributed by atoms with van der Waals surface area (Å²) in [5.41, 5.74) is -5.65. The van der Waals surface area contributed by atoms with Crippen molar-refractivity contribution in [2.75, 3.05) is 0 Å². The fourth-order valence-electron chi connectivity index (χ4n) is 4.63. The Bertz CT molecular complexity index is 1780. The molecule has 12 heteroatoms. The summed E-state index contributed by atoms with van der Waals surface area (Å²) < 4.78 is 66.4. The second-order valence-corrected chi connectivity index (χ2v) is 16.8. The number of allylic oxidation sites excluding steroid dienone is 2. The van der Waals surface area contributed by atoms with Crippen LogP contribution in [0.25, 0.3) is 0 Å².